The first-order chi connectivity index (χ1) is 10.9. The first-order valence-corrected chi connectivity index (χ1v) is 8.68. The fourth-order valence-electron chi connectivity index (χ4n) is 3.04. The van der Waals surface area contributed by atoms with E-state index in [4.69, 9.17) is 4.42 Å². The van der Waals surface area contributed by atoms with Crippen molar-refractivity contribution < 1.29 is 9.21 Å². The number of amides is 1. The molecule has 2 aromatic heterocycles. The second kappa shape index (κ2) is 5.96. The van der Waals surface area contributed by atoms with Gasteiger partial charge in [0.05, 0.1) is 23.0 Å². The minimum atomic E-state index is 0.0350. The van der Waals surface area contributed by atoms with Gasteiger partial charge in [-0.05, 0) is 36.6 Å². The van der Waals surface area contributed by atoms with Crippen molar-refractivity contribution in [2.24, 2.45) is 17.3 Å². The summed E-state index contributed by atoms with van der Waals surface area (Å²) in [6, 6.07) is 3.93. The van der Waals surface area contributed by atoms with Crippen LogP contribution in [0.2, 0.25) is 0 Å². The molecule has 0 radical (unpaired) electrons. The van der Waals surface area contributed by atoms with E-state index in [9.17, 15) is 4.79 Å². The summed E-state index contributed by atoms with van der Waals surface area (Å²) in [4.78, 5) is 17.8. The molecule has 0 unspecified atom stereocenters. The third-order valence-corrected chi connectivity index (χ3v) is 5.29. The Kier molecular flexibility index (Phi) is 4.15. The molecule has 23 heavy (non-hydrogen) atoms. The highest BCUT2D eigenvalue weighted by Crippen LogP contribution is 2.59. The van der Waals surface area contributed by atoms with Crippen LogP contribution < -0.4 is 5.32 Å². The van der Waals surface area contributed by atoms with Gasteiger partial charge in [-0.15, -0.1) is 11.3 Å². The molecule has 2 aromatic rings. The van der Waals surface area contributed by atoms with Gasteiger partial charge in [0.1, 0.15) is 6.26 Å². The average Bonchev–Trinajstić information content (AvgIpc) is 2.96. The number of carbonyl (C=O) groups excluding carboxylic acids is 1. The number of hydrogen-bond acceptors (Lipinski definition) is 4. The summed E-state index contributed by atoms with van der Waals surface area (Å²) in [6.07, 6.45) is 3.82. The number of oxazole rings is 1. The number of aromatic nitrogens is 1. The number of thiophene rings is 1. The third-order valence-electron chi connectivity index (χ3n) is 4.43. The maximum Gasteiger partial charge on any atom is 0.236 e. The van der Waals surface area contributed by atoms with Gasteiger partial charge >= 0.3 is 0 Å². The monoisotopic (exact) mass is 330 g/mol. The van der Waals surface area contributed by atoms with E-state index in [0.29, 0.717) is 18.4 Å². The fourth-order valence-corrected chi connectivity index (χ4v) is 3.69. The highest BCUT2D eigenvalue weighted by atomic mass is 32.1. The van der Waals surface area contributed by atoms with Crippen LogP contribution in [-0.4, -0.2) is 10.9 Å². The molecule has 2 atom stereocenters. The number of allylic oxidation sites excluding steroid dienone is 2. The highest BCUT2D eigenvalue weighted by Gasteiger charge is 2.60. The Balaban J connectivity index is 1.59. The Morgan fingerprint density at radius 3 is 2.91 bits per heavy atom. The summed E-state index contributed by atoms with van der Waals surface area (Å²) in [7, 11) is 0. The number of hydrogen-bond donors (Lipinski definition) is 1. The Morgan fingerprint density at radius 2 is 2.26 bits per heavy atom. The van der Waals surface area contributed by atoms with E-state index in [1.165, 1.54) is 5.57 Å². The van der Waals surface area contributed by atoms with E-state index >= 15 is 0 Å². The molecule has 5 heteroatoms. The van der Waals surface area contributed by atoms with Crippen LogP contribution in [0.3, 0.4) is 0 Å². The van der Waals surface area contributed by atoms with Crippen LogP contribution in [0.15, 0.2) is 39.8 Å². The van der Waals surface area contributed by atoms with Crippen molar-refractivity contribution in [2.75, 3.05) is 0 Å². The Bertz CT molecular complexity index is 724. The van der Waals surface area contributed by atoms with E-state index < -0.39 is 0 Å². The maximum absolute atomic E-state index is 12.4. The summed E-state index contributed by atoms with van der Waals surface area (Å²) in [5.41, 5.74) is 2.04. The van der Waals surface area contributed by atoms with Crippen molar-refractivity contribution in [1.29, 1.82) is 0 Å². The molecule has 0 bridgehead atoms. The minimum Gasteiger partial charge on any atom is -0.443 e. The van der Waals surface area contributed by atoms with Crippen LogP contribution in [0.5, 0.6) is 0 Å². The van der Waals surface area contributed by atoms with E-state index in [2.05, 4.69) is 44.1 Å². The van der Waals surface area contributed by atoms with Crippen LogP contribution in [0.1, 0.15) is 33.4 Å². The molecule has 1 fully saturated rings. The Hall–Kier alpha value is -1.88. The first-order valence-electron chi connectivity index (χ1n) is 7.80. The number of rotatable bonds is 5. The summed E-state index contributed by atoms with van der Waals surface area (Å²) >= 11 is 1.58. The number of nitrogens with zero attached hydrogens (tertiary/aromatic N) is 1. The molecule has 3 rings (SSSR count). The van der Waals surface area contributed by atoms with Crippen molar-refractivity contribution in [1.82, 2.24) is 10.3 Å². The van der Waals surface area contributed by atoms with Crippen molar-refractivity contribution in [3.8, 4) is 10.8 Å². The molecule has 1 N–H and O–H groups in total. The second-order valence-electron chi connectivity index (χ2n) is 6.91. The molecular weight excluding hydrogens is 308 g/mol. The molecule has 1 saturated carbocycles. The lowest BCUT2D eigenvalue weighted by Gasteiger charge is -2.03. The standard InChI is InChI=1S/C18H22N2O2S/c1-11(2)8-13-15(18(13,3)4)16(21)19-9-12-10-22-17(20-12)14-6-5-7-23-14/h5-8,10,13,15H,9H2,1-4H3,(H,19,21)/t13-,15+/m1/s1. The highest BCUT2D eigenvalue weighted by molar-refractivity contribution is 7.13. The molecule has 0 aromatic carbocycles. The minimum absolute atomic E-state index is 0.0350. The van der Waals surface area contributed by atoms with E-state index in [1.54, 1.807) is 17.6 Å². The zero-order valence-electron chi connectivity index (χ0n) is 13.9. The molecule has 0 aliphatic heterocycles. The van der Waals surface area contributed by atoms with Gasteiger partial charge in [0, 0.05) is 0 Å². The summed E-state index contributed by atoms with van der Waals surface area (Å²) < 4.78 is 5.47. The predicted molar refractivity (Wildman–Crippen MR) is 91.9 cm³/mol. The van der Waals surface area contributed by atoms with Crippen molar-refractivity contribution in [2.45, 2.75) is 34.2 Å². The van der Waals surface area contributed by atoms with Gasteiger partial charge in [0.25, 0.3) is 0 Å². The van der Waals surface area contributed by atoms with Crippen molar-refractivity contribution >= 4 is 17.2 Å². The lowest BCUT2D eigenvalue weighted by atomic mass is 10.1. The topological polar surface area (TPSA) is 55.1 Å². The van der Waals surface area contributed by atoms with Crippen LogP contribution in [0.25, 0.3) is 10.8 Å². The number of carbonyl (C=O) groups is 1. The lowest BCUT2D eigenvalue weighted by molar-refractivity contribution is -0.123. The van der Waals surface area contributed by atoms with E-state index in [-0.39, 0.29) is 17.2 Å². The van der Waals surface area contributed by atoms with Gasteiger partial charge in [-0.1, -0.05) is 31.6 Å². The third kappa shape index (κ3) is 3.24. The van der Waals surface area contributed by atoms with Crippen LogP contribution >= 0.6 is 11.3 Å². The largest absolute Gasteiger partial charge is 0.443 e. The molecule has 1 aliphatic carbocycles. The molecule has 0 spiro atoms. The van der Waals surface area contributed by atoms with Gasteiger partial charge < -0.3 is 9.73 Å². The molecule has 1 amide bonds. The summed E-state index contributed by atoms with van der Waals surface area (Å²) in [5, 5.41) is 4.98. The van der Waals surface area contributed by atoms with Gasteiger partial charge in [-0.3, -0.25) is 4.79 Å². The predicted octanol–water partition coefficient (Wildman–Crippen LogP) is 4.26. The van der Waals surface area contributed by atoms with Gasteiger partial charge in [-0.2, -0.15) is 0 Å². The van der Waals surface area contributed by atoms with Crippen molar-refractivity contribution in [3.05, 3.63) is 41.1 Å². The molecule has 0 saturated heterocycles. The fraction of sp³-hybridized carbons (Fsp3) is 0.444. The second-order valence-corrected chi connectivity index (χ2v) is 7.86. The smallest absolute Gasteiger partial charge is 0.236 e. The molecular formula is C18H22N2O2S. The SMILES string of the molecule is CC(C)=C[C@@H]1[C@@H](C(=O)NCc2coc(-c3cccs3)n2)C1(C)C. The normalized spacial score (nSPS) is 21.7. The van der Waals surface area contributed by atoms with Gasteiger partial charge in [0.2, 0.25) is 11.8 Å². The Labute approximate surface area is 140 Å². The van der Waals surface area contributed by atoms with Crippen LogP contribution in [0, 0.1) is 17.3 Å². The molecule has 1 aliphatic rings. The first kappa shape index (κ1) is 16.0. The average molecular weight is 330 g/mol. The van der Waals surface area contributed by atoms with E-state index in [0.717, 1.165) is 10.6 Å². The Morgan fingerprint density at radius 1 is 1.48 bits per heavy atom. The van der Waals surface area contributed by atoms with Crippen LogP contribution in [-0.2, 0) is 11.3 Å². The zero-order chi connectivity index (χ0) is 16.6. The van der Waals surface area contributed by atoms with Crippen LogP contribution in [0.4, 0.5) is 0 Å². The number of nitrogens with one attached hydrogen (secondary N) is 1. The quantitative estimate of drug-likeness (QED) is 0.834. The lowest BCUT2D eigenvalue weighted by Crippen LogP contribution is -2.26. The molecule has 4 nitrogen and oxygen atoms in total. The summed E-state index contributed by atoms with van der Waals surface area (Å²) in [5.74, 6) is 1.07. The summed E-state index contributed by atoms with van der Waals surface area (Å²) in [6.45, 7) is 8.84. The zero-order valence-corrected chi connectivity index (χ0v) is 14.7. The van der Waals surface area contributed by atoms with Gasteiger partial charge in [-0.25, -0.2) is 4.98 Å². The molecule has 122 valence electrons. The van der Waals surface area contributed by atoms with Gasteiger partial charge in [0.15, 0.2) is 0 Å². The maximum atomic E-state index is 12.4. The van der Waals surface area contributed by atoms with E-state index in [1.807, 2.05) is 17.5 Å². The molecule has 2 heterocycles. The van der Waals surface area contributed by atoms with Crippen molar-refractivity contribution in [3.63, 3.8) is 0 Å².